The van der Waals surface area contributed by atoms with Gasteiger partial charge in [0.15, 0.2) is 5.69 Å². The molecule has 0 saturated carbocycles. The van der Waals surface area contributed by atoms with E-state index in [1.54, 1.807) is 12.1 Å². The van der Waals surface area contributed by atoms with E-state index in [1.807, 2.05) is 26.8 Å². The first-order chi connectivity index (χ1) is 6.86. The Balaban J connectivity index is 3.27. The molecule has 1 aromatic carbocycles. The monoisotopic (exact) mass is 203 g/mol. The van der Waals surface area contributed by atoms with Crippen LogP contribution in [-0.4, -0.2) is 17.2 Å². The van der Waals surface area contributed by atoms with Gasteiger partial charge < -0.3 is 10.0 Å². The van der Waals surface area contributed by atoms with Crippen molar-refractivity contribution in [1.82, 2.24) is 0 Å². The molecule has 0 bridgehead atoms. The summed E-state index contributed by atoms with van der Waals surface area (Å²) in [5.74, 6) is 0. The average molecular weight is 203 g/mol. The molecule has 3 nitrogen and oxygen atoms in total. The van der Waals surface area contributed by atoms with Crippen LogP contribution >= 0.6 is 0 Å². The molecule has 0 unspecified atom stereocenters. The summed E-state index contributed by atoms with van der Waals surface area (Å²) in [5, 5.41) is 18.1. The van der Waals surface area contributed by atoms with Gasteiger partial charge in [0.2, 0.25) is 0 Å². The SMILES string of the molecule is [C-]#[N+]c1cc(C(C)(C)C)ccc1B(O)O. The van der Waals surface area contributed by atoms with E-state index >= 15 is 0 Å². The summed E-state index contributed by atoms with van der Waals surface area (Å²) in [6, 6.07) is 5.13. The van der Waals surface area contributed by atoms with Crippen LogP contribution in [0.1, 0.15) is 26.3 Å². The highest BCUT2D eigenvalue weighted by Crippen LogP contribution is 2.24. The van der Waals surface area contributed by atoms with Crippen LogP contribution in [-0.2, 0) is 5.41 Å². The summed E-state index contributed by atoms with van der Waals surface area (Å²) < 4.78 is 0. The van der Waals surface area contributed by atoms with Crippen molar-refractivity contribution >= 4 is 18.3 Å². The zero-order valence-corrected chi connectivity index (χ0v) is 9.15. The predicted octanol–water partition coefficient (Wildman–Crippen LogP) is 1.21. The van der Waals surface area contributed by atoms with E-state index in [4.69, 9.17) is 16.6 Å². The Bertz CT molecular complexity index is 402. The van der Waals surface area contributed by atoms with Crippen molar-refractivity contribution in [3.63, 3.8) is 0 Å². The van der Waals surface area contributed by atoms with Crippen molar-refractivity contribution < 1.29 is 10.0 Å². The van der Waals surface area contributed by atoms with Crippen molar-refractivity contribution in [2.24, 2.45) is 0 Å². The molecule has 78 valence electrons. The molecule has 1 rings (SSSR count). The summed E-state index contributed by atoms with van der Waals surface area (Å²) in [5.41, 5.74) is 1.53. The van der Waals surface area contributed by atoms with E-state index in [0.29, 0.717) is 5.69 Å². The molecule has 4 heteroatoms. The van der Waals surface area contributed by atoms with E-state index in [-0.39, 0.29) is 10.9 Å². The lowest BCUT2D eigenvalue weighted by molar-refractivity contribution is 0.426. The standard InChI is InChI=1S/C11H14BNO2/c1-11(2,3)8-5-6-9(12(14)15)10(7-8)13-4/h5-7,14-15H,1-3H3. The fraction of sp³-hybridized carbons (Fsp3) is 0.364. The van der Waals surface area contributed by atoms with Crippen molar-refractivity contribution in [2.75, 3.05) is 0 Å². The number of hydrogen-bond acceptors (Lipinski definition) is 2. The van der Waals surface area contributed by atoms with Crippen molar-refractivity contribution in [1.29, 1.82) is 0 Å². The lowest BCUT2D eigenvalue weighted by Gasteiger charge is -2.20. The Kier molecular flexibility index (Phi) is 3.18. The molecular weight excluding hydrogens is 189 g/mol. The van der Waals surface area contributed by atoms with Gasteiger partial charge in [-0.15, -0.1) is 0 Å². The molecule has 15 heavy (non-hydrogen) atoms. The summed E-state index contributed by atoms with van der Waals surface area (Å²) in [6.45, 7) is 13.1. The molecule has 0 spiro atoms. The van der Waals surface area contributed by atoms with Gasteiger partial charge in [0, 0.05) is 0 Å². The van der Waals surface area contributed by atoms with Gasteiger partial charge in [0.25, 0.3) is 0 Å². The van der Waals surface area contributed by atoms with Gasteiger partial charge in [-0.05, 0) is 10.9 Å². The van der Waals surface area contributed by atoms with E-state index < -0.39 is 7.12 Å². The van der Waals surface area contributed by atoms with Gasteiger partial charge in [-0.1, -0.05) is 44.5 Å². The largest absolute Gasteiger partial charge is 0.476 e. The normalized spacial score (nSPS) is 10.9. The van der Waals surface area contributed by atoms with E-state index in [1.165, 1.54) is 0 Å². The second kappa shape index (κ2) is 4.05. The maximum atomic E-state index is 9.04. The molecule has 0 fully saturated rings. The minimum absolute atomic E-state index is 0.0433. The molecule has 0 amide bonds. The fourth-order valence-corrected chi connectivity index (χ4v) is 1.33. The van der Waals surface area contributed by atoms with Crippen LogP contribution in [0, 0.1) is 6.57 Å². The van der Waals surface area contributed by atoms with Crippen LogP contribution in [0.25, 0.3) is 4.85 Å². The fourth-order valence-electron chi connectivity index (χ4n) is 1.33. The molecule has 0 heterocycles. The van der Waals surface area contributed by atoms with Crippen molar-refractivity contribution in [3.05, 3.63) is 35.2 Å². The topological polar surface area (TPSA) is 44.8 Å². The second-order valence-electron chi connectivity index (χ2n) is 4.51. The number of hydrogen-bond donors (Lipinski definition) is 2. The van der Waals surface area contributed by atoms with Gasteiger partial charge in [0.1, 0.15) is 0 Å². The van der Waals surface area contributed by atoms with E-state index in [0.717, 1.165) is 5.56 Å². The molecule has 0 aromatic heterocycles. The molecule has 1 aromatic rings. The smallest absolute Gasteiger partial charge is 0.424 e. The van der Waals surface area contributed by atoms with Crippen LogP contribution in [0.4, 0.5) is 5.69 Å². The Morgan fingerprint density at radius 2 is 1.87 bits per heavy atom. The van der Waals surface area contributed by atoms with Gasteiger partial charge in [0.05, 0.1) is 6.57 Å². The predicted molar refractivity (Wildman–Crippen MR) is 61.2 cm³/mol. The number of rotatable bonds is 1. The number of nitrogens with zero attached hydrogens (tertiary/aromatic N) is 1. The van der Waals surface area contributed by atoms with Crippen molar-refractivity contribution in [2.45, 2.75) is 26.2 Å². The zero-order valence-electron chi connectivity index (χ0n) is 9.15. The van der Waals surface area contributed by atoms with Gasteiger partial charge in [-0.25, -0.2) is 4.85 Å². The molecule has 0 aliphatic rings. The van der Waals surface area contributed by atoms with Gasteiger partial charge in [-0.3, -0.25) is 0 Å². The summed E-state index contributed by atoms with van der Waals surface area (Å²) in [7, 11) is -1.58. The first-order valence-electron chi connectivity index (χ1n) is 4.74. The molecule has 0 radical (unpaired) electrons. The highest BCUT2D eigenvalue weighted by Gasteiger charge is 2.20. The Morgan fingerprint density at radius 1 is 1.27 bits per heavy atom. The zero-order chi connectivity index (χ0) is 11.6. The van der Waals surface area contributed by atoms with Crippen LogP contribution in [0.15, 0.2) is 18.2 Å². The Morgan fingerprint density at radius 3 is 2.27 bits per heavy atom. The summed E-state index contributed by atoms with van der Waals surface area (Å²) in [6.07, 6.45) is 0. The third-order valence-corrected chi connectivity index (χ3v) is 2.30. The van der Waals surface area contributed by atoms with Gasteiger partial charge in [-0.2, -0.15) is 0 Å². The number of benzene rings is 1. The van der Waals surface area contributed by atoms with Crippen molar-refractivity contribution in [3.8, 4) is 0 Å². The van der Waals surface area contributed by atoms with Gasteiger partial charge >= 0.3 is 7.12 Å². The highest BCUT2D eigenvalue weighted by atomic mass is 16.4. The molecule has 2 N–H and O–H groups in total. The first-order valence-corrected chi connectivity index (χ1v) is 4.74. The van der Waals surface area contributed by atoms with Crippen LogP contribution in [0.3, 0.4) is 0 Å². The highest BCUT2D eigenvalue weighted by molar-refractivity contribution is 6.60. The first kappa shape index (κ1) is 11.8. The molecular formula is C11H14BNO2. The maximum Gasteiger partial charge on any atom is 0.476 e. The summed E-state index contributed by atoms with van der Waals surface area (Å²) in [4.78, 5) is 3.30. The minimum atomic E-state index is -1.58. The lowest BCUT2D eigenvalue weighted by Crippen LogP contribution is -2.30. The molecule has 0 aliphatic carbocycles. The molecule has 0 saturated heterocycles. The molecule has 0 aliphatic heterocycles. The Labute approximate surface area is 90.3 Å². The van der Waals surface area contributed by atoms with E-state index in [2.05, 4.69) is 4.85 Å². The summed E-state index contributed by atoms with van der Waals surface area (Å²) >= 11 is 0. The lowest BCUT2D eigenvalue weighted by atomic mass is 9.76. The molecule has 0 atom stereocenters. The maximum absolute atomic E-state index is 9.04. The van der Waals surface area contributed by atoms with E-state index in [9.17, 15) is 0 Å². The third kappa shape index (κ3) is 2.59. The second-order valence-corrected chi connectivity index (χ2v) is 4.51. The average Bonchev–Trinajstić information content (AvgIpc) is 2.15. The van der Waals surface area contributed by atoms with Crippen LogP contribution in [0.5, 0.6) is 0 Å². The third-order valence-electron chi connectivity index (χ3n) is 2.30. The minimum Gasteiger partial charge on any atom is -0.424 e. The van der Waals surface area contributed by atoms with Crippen LogP contribution < -0.4 is 5.46 Å². The quantitative estimate of drug-likeness (QED) is 0.532. The van der Waals surface area contributed by atoms with Crippen LogP contribution in [0.2, 0.25) is 0 Å². The Hall–Kier alpha value is -1.31.